The molecule has 0 radical (unpaired) electrons. The van der Waals surface area contributed by atoms with Crippen molar-refractivity contribution < 1.29 is 19.4 Å². The molecule has 1 aliphatic heterocycles. The lowest BCUT2D eigenvalue weighted by Gasteiger charge is -2.38. The van der Waals surface area contributed by atoms with E-state index in [0.29, 0.717) is 29.7 Å². The molecule has 3 aromatic rings. The Morgan fingerprint density at radius 3 is 2.62 bits per heavy atom. The number of aliphatic imine (C=N–C) groups is 1. The molecule has 1 saturated carbocycles. The SMILES string of the molecule is CC1=C(C(=O)OCc2ccccc2)[C@H](c2cccc(O)c2)[C@H]2C(=O)C[C@H](c3cccs3)CC2=N1. The van der Waals surface area contributed by atoms with Gasteiger partial charge in [-0.1, -0.05) is 48.5 Å². The molecule has 0 amide bonds. The molecule has 5 rings (SSSR count). The van der Waals surface area contributed by atoms with Gasteiger partial charge in [0, 0.05) is 34.5 Å². The third-order valence-corrected chi connectivity index (χ3v) is 7.60. The Labute approximate surface area is 202 Å². The van der Waals surface area contributed by atoms with E-state index in [-0.39, 0.29) is 24.1 Å². The zero-order valence-corrected chi connectivity index (χ0v) is 19.6. The first-order valence-corrected chi connectivity index (χ1v) is 12.2. The van der Waals surface area contributed by atoms with E-state index in [9.17, 15) is 14.7 Å². The largest absolute Gasteiger partial charge is 0.508 e. The van der Waals surface area contributed by atoms with Gasteiger partial charge in [-0.2, -0.15) is 0 Å². The second-order valence-electron chi connectivity index (χ2n) is 8.80. The third-order valence-electron chi connectivity index (χ3n) is 6.56. The van der Waals surface area contributed by atoms with Gasteiger partial charge in [0.05, 0.1) is 11.5 Å². The van der Waals surface area contributed by atoms with Crippen molar-refractivity contribution in [3.8, 4) is 5.75 Å². The highest BCUT2D eigenvalue weighted by Gasteiger charge is 2.46. The molecule has 1 aliphatic carbocycles. The summed E-state index contributed by atoms with van der Waals surface area (Å²) in [6, 6.07) is 20.4. The Bertz CT molecular complexity index is 1280. The maximum atomic E-state index is 13.5. The van der Waals surface area contributed by atoms with Crippen LogP contribution in [0, 0.1) is 5.92 Å². The van der Waals surface area contributed by atoms with E-state index in [1.54, 1.807) is 36.5 Å². The number of esters is 1. The van der Waals surface area contributed by atoms with Gasteiger partial charge in [0.2, 0.25) is 0 Å². The van der Waals surface area contributed by atoms with Crippen LogP contribution in [-0.4, -0.2) is 22.6 Å². The molecule has 3 atom stereocenters. The number of ether oxygens (including phenoxy) is 1. The van der Waals surface area contributed by atoms with Crippen LogP contribution in [-0.2, 0) is 20.9 Å². The number of allylic oxidation sites excluding steroid dienone is 1. The van der Waals surface area contributed by atoms with Crippen LogP contribution >= 0.6 is 11.3 Å². The Morgan fingerprint density at radius 1 is 1.06 bits per heavy atom. The van der Waals surface area contributed by atoms with E-state index in [1.165, 1.54) is 4.88 Å². The van der Waals surface area contributed by atoms with E-state index in [1.807, 2.05) is 47.8 Å². The Balaban J connectivity index is 1.53. The number of phenolic OH excluding ortho intramolecular Hbond substituents is 1. The van der Waals surface area contributed by atoms with E-state index < -0.39 is 17.8 Å². The zero-order valence-electron chi connectivity index (χ0n) is 18.8. The first-order valence-electron chi connectivity index (χ1n) is 11.4. The number of hydrogen-bond donors (Lipinski definition) is 1. The smallest absolute Gasteiger partial charge is 0.336 e. The van der Waals surface area contributed by atoms with Crippen molar-refractivity contribution >= 4 is 28.8 Å². The molecule has 34 heavy (non-hydrogen) atoms. The lowest BCUT2D eigenvalue weighted by molar-refractivity contribution is -0.140. The van der Waals surface area contributed by atoms with Crippen molar-refractivity contribution in [2.75, 3.05) is 0 Å². The molecule has 0 bridgehead atoms. The summed E-state index contributed by atoms with van der Waals surface area (Å²) in [5.41, 5.74) is 3.36. The van der Waals surface area contributed by atoms with Crippen molar-refractivity contribution in [3.63, 3.8) is 0 Å². The summed E-state index contributed by atoms with van der Waals surface area (Å²) in [6.07, 6.45) is 1.08. The first kappa shape index (κ1) is 22.3. The van der Waals surface area contributed by atoms with Crippen LogP contribution in [0.2, 0.25) is 0 Å². The molecule has 0 unspecified atom stereocenters. The fourth-order valence-electron chi connectivity index (χ4n) is 5.05. The van der Waals surface area contributed by atoms with E-state index in [4.69, 9.17) is 9.73 Å². The molecule has 2 aliphatic rings. The molecule has 2 heterocycles. The van der Waals surface area contributed by atoms with Crippen LogP contribution in [0.5, 0.6) is 5.75 Å². The van der Waals surface area contributed by atoms with Crippen LogP contribution in [0.3, 0.4) is 0 Å². The fraction of sp³-hybridized carbons (Fsp3) is 0.250. The number of thiophene rings is 1. The van der Waals surface area contributed by atoms with Crippen LogP contribution < -0.4 is 0 Å². The summed E-state index contributed by atoms with van der Waals surface area (Å²) < 4.78 is 5.68. The van der Waals surface area contributed by atoms with Gasteiger partial charge in [0.25, 0.3) is 0 Å². The van der Waals surface area contributed by atoms with Crippen molar-refractivity contribution in [3.05, 3.63) is 99.4 Å². The average Bonchev–Trinajstić information content (AvgIpc) is 3.37. The number of Topliss-reactive ketones (excluding diaryl/α,β-unsaturated/α-hetero) is 1. The quantitative estimate of drug-likeness (QED) is 0.479. The number of benzene rings is 2. The standard InChI is InChI=1S/C28H25NO4S/c1-17-25(28(32)33-16-18-7-3-2-4-8-18)26(19-9-5-10-21(30)13-19)27-22(29-17)14-20(15-23(27)31)24-11-6-12-34-24/h2-13,20,26-27,30H,14-16H2,1H3/t20-,26+,27-/m1/s1. The highest BCUT2D eigenvalue weighted by molar-refractivity contribution is 7.10. The van der Waals surface area contributed by atoms with Crippen molar-refractivity contribution in [1.29, 1.82) is 0 Å². The van der Waals surface area contributed by atoms with Crippen molar-refractivity contribution in [2.24, 2.45) is 10.9 Å². The highest BCUT2D eigenvalue weighted by Crippen LogP contribution is 2.46. The van der Waals surface area contributed by atoms with E-state index >= 15 is 0 Å². The van der Waals surface area contributed by atoms with Crippen molar-refractivity contribution in [1.82, 2.24) is 0 Å². The summed E-state index contributed by atoms with van der Waals surface area (Å²) in [7, 11) is 0. The molecule has 0 saturated heterocycles. The third kappa shape index (κ3) is 4.33. The number of phenols is 1. The van der Waals surface area contributed by atoms with Gasteiger partial charge >= 0.3 is 5.97 Å². The molecule has 2 aromatic carbocycles. The number of carbonyl (C=O) groups is 2. The highest BCUT2D eigenvalue weighted by atomic mass is 32.1. The number of aromatic hydroxyl groups is 1. The molecule has 0 spiro atoms. The number of hydrogen-bond acceptors (Lipinski definition) is 6. The summed E-state index contributed by atoms with van der Waals surface area (Å²) in [6.45, 7) is 1.94. The van der Waals surface area contributed by atoms with Gasteiger partial charge in [-0.15, -0.1) is 11.3 Å². The molecular weight excluding hydrogens is 446 g/mol. The number of fused-ring (bicyclic) bond motifs is 1. The van der Waals surface area contributed by atoms with Gasteiger partial charge in [-0.25, -0.2) is 4.79 Å². The predicted molar refractivity (Wildman–Crippen MR) is 132 cm³/mol. The Hall–Kier alpha value is -3.51. The van der Waals surface area contributed by atoms with Crippen LogP contribution in [0.25, 0.3) is 0 Å². The van der Waals surface area contributed by atoms with Crippen LogP contribution in [0.1, 0.15) is 47.6 Å². The zero-order chi connectivity index (χ0) is 23.7. The molecule has 6 heteroatoms. The molecular formula is C28H25NO4S. The monoisotopic (exact) mass is 471 g/mol. The maximum Gasteiger partial charge on any atom is 0.336 e. The minimum atomic E-state index is -0.542. The summed E-state index contributed by atoms with van der Waals surface area (Å²) >= 11 is 1.65. The van der Waals surface area contributed by atoms with Gasteiger partial charge in [0.15, 0.2) is 0 Å². The Kier molecular flexibility index (Phi) is 6.16. The lowest BCUT2D eigenvalue weighted by Crippen LogP contribution is -2.41. The molecule has 1 aromatic heterocycles. The molecule has 5 nitrogen and oxygen atoms in total. The summed E-state index contributed by atoms with van der Waals surface area (Å²) in [4.78, 5) is 32.9. The van der Waals surface area contributed by atoms with Crippen LogP contribution in [0.4, 0.5) is 0 Å². The molecule has 172 valence electrons. The minimum absolute atomic E-state index is 0.0672. The van der Waals surface area contributed by atoms with E-state index in [0.717, 1.165) is 11.3 Å². The predicted octanol–water partition coefficient (Wildman–Crippen LogP) is 5.77. The summed E-state index contributed by atoms with van der Waals surface area (Å²) in [5.74, 6) is -1.30. The lowest BCUT2D eigenvalue weighted by atomic mass is 9.67. The second kappa shape index (κ2) is 9.39. The average molecular weight is 472 g/mol. The van der Waals surface area contributed by atoms with Crippen LogP contribution in [0.15, 0.2) is 88.4 Å². The van der Waals surface area contributed by atoms with E-state index in [2.05, 4.69) is 6.07 Å². The Morgan fingerprint density at radius 2 is 1.88 bits per heavy atom. The maximum absolute atomic E-state index is 13.5. The van der Waals surface area contributed by atoms with Gasteiger partial charge < -0.3 is 9.84 Å². The van der Waals surface area contributed by atoms with Gasteiger partial charge in [0.1, 0.15) is 18.1 Å². The van der Waals surface area contributed by atoms with Gasteiger partial charge in [-0.3, -0.25) is 9.79 Å². The second-order valence-corrected chi connectivity index (χ2v) is 9.78. The number of ketones is 1. The van der Waals surface area contributed by atoms with Crippen molar-refractivity contribution in [2.45, 2.75) is 38.2 Å². The fourth-order valence-corrected chi connectivity index (χ4v) is 5.88. The number of rotatable bonds is 5. The summed E-state index contributed by atoms with van der Waals surface area (Å²) in [5, 5.41) is 12.2. The number of carbonyl (C=O) groups excluding carboxylic acids is 2. The minimum Gasteiger partial charge on any atom is -0.508 e. The van der Waals surface area contributed by atoms with Gasteiger partial charge in [-0.05, 0) is 48.1 Å². The molecule has 1 N–H and O–H groups in total. The molecule has 1 fully saturated rings. The first-order chi connectivity index (χ1) is 16.5. The number of nitrogens with zero attached hydrogens (tertiary/aromatic N) is 1. The normalized spacial score (nSPS) is 22.2. The topological polar surface area (TPSA) is 76.0 Å².